The minimum Gasteiger partial charge on any atom is -0.456 e. The van der Waals surface area contributed by atoms with Crippen LogP contribution in [0.3, 0.4) is 0 Å². The zero-order chi connectivity index (χ0) is 76.2. The molecule has 2 aliphatic carbocycles. The predicted molar refractivity (Wildman–Crippen MR) is 476 cm³/mol. The number of fused-ring (bicyclic) bond motifs is 18. The van der Waals surface area contributed by atoms with E-state index in [2.05, 4.69) is 410 Å². The molecule has 6 nitrogen and oxygen atoms in total. The smallest absolute Gasteiger partial charge is 0.143 e. The maximum Gasteiger partial charge on any atom is 0.143 e. The highest BCUT2D eigenvalue weighted by atomic mass is 16.3. The van der Waals surface area contributed by atoms with Crippen molar-refractivity contribution in [3.05, 3.63) is 457 Å². The maximum absolute atomic E-state index is 7.16. The first-order valence-electron chi connectivity index (χ1n) is 39.7. The van der Waals surface area contributed by atoms with Gasteiger partial charge in [-0.05, 0) is 216 Å². The van der Waals surface area contributed by atoms with Gasteiger partial charge >= 0.3 is 0 Å². The normalized spacial score (nSPS) is 13.1. The summed E-state index contributed by atoms with van der Waals surface area (Å²) < 4.78 is 27.9. The fourth-order valence-electron chi connectivity index (χ4n) is 19.7. The lowest BCUT2D eigenvalue weighted by molar-refractivity contribution is 0.665. The first kappa shape index (κ1) is 65.5. The molecule has 0 fully saturated rings. The summed E-state index contributed by atoms with van der Waals surface area (Å²) in [7, 11) is 0. The molecule has 0 saturated heterocycles. The standard InChI is InChI=1S/C110H68N2O4/c1-6-25-69(26-7-1)70-47-53-79(54-48-70)112(99-44-24-46-103-107(99)94-66-90-85-38-17-20-43-96(85)110(76-33-12-4-13-34-76,77-35-14-5-15-36-77)98(90)68-106(94)114-103)81-57-60-102-92(63-81)88-41-23-40-83(108(88)116-102)73-28-22-27-72(61-73)71-49-51-78(52-50-71)111(80-56-59-101-91(62-80)86-39-18-21-45-100(86)113-101)82-55-58-87-93-65-89-84-37-16-19-42-95(84)109(74-29-8-2-9-30-74,75-31-10-3-11-32-75)97(89)67-105(93)115-104(87)64-82/h1-68H. The number of furan rings is 4. The third-order valence-electron chi connectivity index (χ3n) is 24.8. The van der Waals surface area contributed by atoms with Crippen LogP contribution in [0.4, 0.5) is 34.1 Å². The molecule has 0 bridgehead atoms. The first-order chi connectivity index (χ1) is 57.5. The summed E-state index contributed by atoms with van der Waals surface area (Å²) >= 11 is 0. The highest BCUT2D eigenvalue weighted by Gasteiger charge is 2.48. The van der Waals surface area contributed by atoms with E-state index in [0.717, 1.165) is 155 Å². The summed E-state index contributed by atoms with van der Waals surface area (Å²) in [5.74, 6) is 0. The van der Waals surface area contributed by atoms with Gasteiger partial charge in [0.15, 0.2) is 0 Å². The third-order valence-corrected chi connectivity index (χ3v) is 24.8. The quantitative estimate of drug-likeness (QED) is 0.115. The van der Waals surface area contributed by atoms with E-state index in [9.17, 15) is 0 Å². The van der Waals surface area contributed by atoms with Crippen molar-refractivity contribution in [1.29, 1.82) is 0 Å². The molecular weight excluding hydrogens is 1410 g/mol. The molecule has 0 aliphatic heterocycles. The molecule has 0 spiro atoms. The maximum atomic E-state index is 7.16. The molecule has 0 radical (unpaired) electrons. The fraction of sp³-hybridized carbons (Fsp3) is 0.0182. The molecule has 0 atom stereocenters. The predicted octanol–water partition coefficient (Wildman–Crippen LogP) is 30.0. The SMILES string of the molecule is c1ccc(-c2ccc(N(c3ccc4oc5c(-c6cccc(-c7ccc(N(c8ccc9c(c8)oc8cc%10c(cc89)-c8ccccc8C%10(c8ccccc8)c8ccccc8)c8ccc9oc%10ccccc%10c9c8)cc7)c6)cccc5c4c3)c3cccc4oc5cc6c(cc5c34)-c3ccccc3C6(c3ccccc3)c3ccccc3)cc2)cc1. The van der Waals surface area contributed by atoms with Crippen LogP contribution in [0.5, 0.6) is 0 Å². The Morgan fingerprint density at radius 2 is 0.569 bits per heavy atom. The van der Waals surface area contributed by atoms with Crippen molar-refractivity contribution < 1.29 is 17.7 Å². The zero-order valence-electron chi connectivity index (χ0n) is 62.8. The molecule has 6 heteroatoms. The molecule has 0 saturated carbocycles. The summed E-state index contributed by atoms with van der Waals surface area (Å²) in [5.41, 5.74) is 32.6. The molecule has 0 N–H and O–H groups in total. The van der Waals surface area contributed by atoms with Gasteiger partial charge in [0.25, 0.3) is 0 Å². The molecule has 18 aromatic carbocycles. The Labute approximate surface area is 668 Å². The van der Waals surface area contributed by atoms with Crippen LogP contribution < -0.4 is 9.80 Å². The van der Waals surface area contributed by atoms with Gasteiger partial charge in [-0.2, -0.15) is 0 Å². The molecule has 542 valence electrons. The van der Waals surface area contributed by atoms with Crippen molar-refractivity contribution in [2.75, 3.05) is 9.80 Å². The summed E-state index contributed by atoms with van der Waals surface area (Å²) in [6.45, 7) is 0. The molecule has 4 aromatic heterocycles. The number of hydrogen-bond donors (Lipinski definition) is 0. The Kier molecular flexibility index (Phi) is 14.5. The summed E-state index contributed by atoms with van der Waals surface area (Å²) in [6, 6.07) is 150. The summed E-state index contributed by atoms with van der Waals surface area (Å²) in [5, 5.41) is 8.38. The highest BCUT2D eigenvalue weighted by molar-refractivity contribution is 6.17. The Balaban J connectivity index is 0.604. The van der Waals surface area contributed by atoms with E-state index in [-0.39, 0.29) is 0 Å². The van der Waals surface area contributed by atoms with Gasteiger partial charge in [0.2, 0.25) is 0 Å². The zero-order valence-corrected chi connectivity index (χ0v) is 62.8. The number of anilines is 6. The fourth-order valence-corrected chi connectivity index (χ4v) is 19.7. The average molecular weight is 1480 g/mol. The second-order valence-electron chi connectivity index (χ2n) is 30.8. The van der Waals surface area contributed by atoms with E-state index >= 15 is 0 Å². The van der Waals surface area contributed by atoms with E-state index < -0.39 is 10.8 Å². The Morgan fingerprint density at radius 1 is 0.181 bits per heavy atom. The summed E-state index contributed by atoms with van der Waals surface area (Å²) in [6.07, 6.45) is 0. The number of hydrogen-bond acceptors (Lipinski definition) is 6. The molecule has 24 rings (SSSR count). The average Bonchev–Trinajstić information content (AvgIpc) is 1.54. The summed E-state index contributed by atoms with van der Waals surface area (Å²) in [4.78, 5) is 4.73. The van der Waals surface area contributed by atoms with Crippen LogP contribution >= 0.6 is 0 Å². The third kappa shape index (κ3) is 9.77. The van der Waals surface area contributed by atoms with Crippen LogP contribution in [0.15, 0.2) is 430 Å². The van der Waals surface area contributed by atoms with Gasteiger partial charge in [-0.15, -0.1) is 0 Å². The van der Waals surface area contributed by atoms with Gasteiger partial charge in [0, 0.05) is 77.8 Å². The van der Waals surface area contributed by atoms with Crippen molar-refractivity contribution in [2.24, 2.45) is 0 Å². The Bertz CT molecular complexity index is 7610. The Hall–Kier alpha value is -15.2. The van der Waals surface area contributed by atoms with Crippen LogP contribution in [0, 0.1) is 0 Å². The first-order valence-corrected chi connectivity index (χ1v) is 39.7. The molecule has 2 aliphatic rings. The van der Waals surface area contributed by atoms with Gasteiger partial charge in [-0.3, -0.25) is 0 Å². The van der Waals surface area contributed by atoms with Crippen LogP contribution in [-0.2, 0) is 10.8 Å². The van der Waals surface area contributed by atoms with Gasteiger partial charge < -0.3 is 27.5 Å². The number of benzene rings is 18. The number of rotatable bonds is 13. The monoisotopic (exact) mass is 1480 g/mol. The molecule has 0 amide bonds. The largest absolute Gasteiger partial charge is 0.456 e. The lowest BCUT2D eigenvalue weighted by Crippen LogP contribution is -2.28. The van der Waals surface area contributed by atoms with Gasteiger partial charge in [0.1, 0.15) is 44.7 Å². The van der Waals surface area contributed by atoms with E-state index in [0.29, 0.717) is 0 Å². The van der Waals surface area contributed by atoms with Crippen molar-refractivity contribution in [3.63, 3.8) is 0 Å². The van der Waals surface area contributed by atoms with Crippen molar-refractivity contribution >= 4 is 122 Å². The number of nitrogens with zero attached hydrogens (tertiary/aromatic N) is 2. The second kappa shape index (κ2) is 25.7. The number of para-hydroxylation sites is 2. The molecular formula is C110H68N2O4. The minimum absolute atomic E-state index is 0.554. The second-order valence-corrected chi connectivity index (χ2v) is 30.8. The van der Waals surface area contributed by atoms with E-state index in [1.807, 2.05) is 12.1 Å². The van der Waals surface area contributed by atoms with E-state index in [1.165, 1.54) is 66.8 Å². The van der Waals surface area contributed by atoms with Crippen molar-refractivity contribution in [2.45, 2.75) is 10.8 Å². The van der Waals surface area contributed by atoms with E-state index in [4.69, 9.17) is 17.7 Å². The van der Waals surface area contributed by atoms with Crippen LogP contribution in [-0.4, -0.2) is 0 Å². The van der Waals surface area contributed by atoms with Gasteiger partial charge in [0.05, 0.1) is 21.9 Å². The van der Waals surface area contributed by atoms with Crippen LogP contribution in [0.1, 0.15) is 44.5 Å². The van der Waals surface area contributed by atoms with Crippen molar-refractivity contribution in [1.82, 2.24) is 0 Å². The van der Waals surface area contributed by atoms with Gasteiger partial charge in [-0.25, -0.2) is 0 Å². The van der Waals surface area contributed by atoms with Crippen LogP contribution in [0.2, 0.25) is 0 Å². The molecule has 4 heterocycles. The lowest BCUT2D eigenvalue weighted by Gasteiger charge is -2.33. The highest BCUT2D eigenvalue weighted by Crippen LogP contribution is 2.60. The molecule has 116 heavy (non-hydrogen) atoms. The molecule has 0 unspecified atom stereocenters. The van der Waals surface area contributed by atoms with E-state index in [1.54, 1.807) is 0 Å². The van der Waals surface area contributed by atoms with Crippen molar-refractivity contribution in [3.8, 4) is 55.6 Å². The topological polar surface area (TPSA) is 59.0 Å². The molecule has 22 aromatic rings. The Morgan fingerprint density at radius 3 is 1.21 bits per heavy atom. The van der Waals surface area contributed by atoms with Crippen LogP contribution in [0.25, 0.3) is 143 Å². The van der Waals surface area contributed by atoms with Gasteiger partial charge in [-0.1, -0.05) is 285 Å². The minimum atomic E-state index is -0.577. The lowest BCUT2D eigenvalue weighted by atomic mass is 9.67.